The van der Waals surface area contributed by atoms with E-state index in [9.17, 15) is 29.4 Å². The van der Waals surface area contributed by atoms with Crippen LogP contribution in [0.15, 0.2) is 24.3 Å². The fraction of sp³-hybridized carbons (Fsp3) is 0.368. The van der Waals surface area contributed by atoms with Crippen molar-refractivity contribution in [2.45, 2.75) is 73.1 Å². The molecule has 0 radical (unpaired) electrons. The minimum absolute atomic E-state index is 0.273. The van der Waals surface area contributed by atoms with Crippen LogP contribution in [0.3, 0.4) is 0 Å². The first-order chi connectivity index (χ1) is 23.7. The van der Waals surface area contributed by atoms with Gasteiger partial charge in [-0.25, -0.2) is 9.97 Å². The third kappa shape index (κ3) is 6.45. The molecule has 12 heteroatoms. The van der Waals surface area contributed by atoms with Crippen molar-refractivity contribution in [3.8, 4) is 0 Å². The first-order valence-electron chi connectivity index (χ1n) is 16.5. The predicted octanol–water partition coefficient (Wildman–Crippen LogP) is 6.76. The van der Waals surface area contributed by atoms with Crippen molar-refractivity contribution in [2.75, 3.05) is 14.2 Å². The zero-order chi connectivity index (χ0) is 36.6. The standard InChI is InChI=1S/C38H42N4O8/c1-9-21-17(3)25-13-27-19(5)35(23(11-33(43)44)37(47)49-7)31(41-27)16-32-36(24(12-34(45)46)38(48)50-8)20(6)28(42-32)14-26-18(4)22(10-2)30(40-26)15-29(21)39-25/h13-16,23-24,39,42H,9-12H2,1-8H3,(H,43,44)(H,45,46). The predicted molar refractivity (Wildman–Crippen MR) is 190 cm³/mol. The molecule has 2 aliphatic heterocycles. The highest BCUT2D eigenvalue weighted by Gasteiger charge is 2.34. The summed E-state index contributed by atoms with van der Waals surface area (Å²) in [6.07, 6.45) is 0.404. The number of nitrogens with one attached hydrogen (secondary N) is 2. The fourth-order valence-electron chi connectivity index (χ4n) is 7.18. The summed E-state index contributed by atoms with van der Waals surface area (Å²) in [4.78, 5) is 67.4. The Kier molecular flexibility index (Phi) is 10.1. The Labute approximate surface area is 289 Å². The van der Waals surface area contributed by atoms with Gasteiger partial charge in [-0.05, 0) is 109 Å². The van der Waals surface area contributed by atoms with Crippen LogP contribution < -0.4 is 0 Å². The highest BCUT2D eigenvalue weighted by atomic mass is 16.5. The van der Waals surface area contributed by atoms with Gasteiger partial charge in [-0.1, -0.05) is 13.8 Å². The summed E-state index contributed by atoms with van der Waals surface area (Å²) in [6.45, 7) is 11.8. The number of rotatable bonds is 10. The zero-order valence-electron chi connectivity index (χ0n) is 29.5. The molecule has 0 saturated heterocycles. The van der Waals surface area contributed by atoms with Crippen LogP contribution in [0.2, 0.25) is 0 Å². The maximum absolute atomic E-state index is 13.2. The molecule has 0 spiro atoms. The lowest BCUT2D eigenvalue weighted by atomic mass is 9.89. The van der Waals surface area contributed by atoms with Crippen molar-refractivity contribution < 1.29 is 38.9 Å². The number of methoxy groups -OCH3 is 2. The molecule has 12 nitrogen and oxygen atoms in total. The number of aryl methyl sites for hydroxylation is 3. The molecule has 0 aliphatic carbocycles. The van der Waals surface area contributed by atoms with E-state index in [0.717, 1.165) is 51.8 Å². The first-order valence-corrected chi connectivity index (χ1v) is 16.5. The molecule has 8 bridgehead atoms. The molecular weight excluding hydrogens is 640 g/mol. The van der Waals surface area contributed by atoms with Gasteiger partial charge < -0.3 is 29.7 Å². The Morgan fingerprint density at radius 2 is 1.16 bits per heavy atom. The van der Waals surface area contributed by atoms with Crippen molar-refractivity contribution in [3.63, 3.8) is 0 Å². The van der Waals surface area contributed by atoms with Gasteiger partial charge >= 0.3 is 23.9 Å². The molecule has 0 amide bonds. The number of nitrogens with zero attached hydrogens (tertiary/aromatic N) is 2. The maximum atomic E-state index is 13.2. The molecule has 3 aromatic rings. The normalized spacial score (nSPS) is 14.1. The van der Waals surface area contributed by atoms with Crippen LogP contribution in [-0.4, -0.2) is 68.2 Å². The van der Waals surface area contributed by atoms with E-state index in [1.165, 1.54) is 14.2 Å². The lowest BCUT2D eigenvalue weighted by Gasteiger charge is -2.16. The van der Waals surface area contributed by atoms with E-state index < -0.39 is 48.6 Å². The van der Waals surface area contributed by atoms with Crippen LogP contribution in [0.25, 0.3) is 44.4 Å². The number of hydrogen-bond acceptors (Lipinski definition) is 8. The summed E-state index contributed by atoms with van der Waals surface area (Å²) < 4.78 is 10.1. The van der Waals surface area contributed by atoms with Crippen molar-refractivity contribution in [2.24, 2.45) is 5.92 Å². The minimum atomic E-state index is -1.21. The molecule has 2 aliphatic rings. The number of carbonyl (C=O) groups excluding carboxylic acids is 2. The second kappa shape index (κ2) is 14.1. The number of esters is 2. The molecule has 262 valence electrons. The van der Waals surface area contributed by atoms with Gasteiger partial charge in [0.25, 0.3) is 0 Å². The Hall–Kier alpha value is -5.52. The molecule has 5 heterocycles. The summed E-state index contributed by atoms with van der Waals surface area (Å²) in [6, 6.07) is 7.43. The summed E-state index contributed by atoms with van der Waals surface area (Å²) in [5.41, 5.74) is 11.1. The number of carboxylic acid groups (broad SMARTS) is 2. The van der Waals surface area contributed by atoms with E-state index in [2.05, 4.69) is 23.8 Å². The van der Waals surface area contributed by atoms with E-state index in [1.807, 2.05) is 32.0 Å². The number of H-pyrrole nitrogens is 2. The molecule has 5 rings (SSSR count). The van der Waals surface area contributed by atoms with Gasteiger partial charge in [0.1, 0.15) is 0 Å². The summed E-state index contributed by atoms with van der Waals surface area (Å²) in [5, 5.41) is 19.7. The Morgan fingerprint density at radius 1 is 0.660 bits per heavy atom. The first kappa shape index (κ1) is 35.8. The molecule has 50 heavy (non-hydrogen) atoms. The van der Waals surface area contributed by atoms with Crippen molar-refractivity contribution in [3.05, 3.63) is 69.3 Å². The number of fused-ring (bicyclic) bond motifs is 8. The zero-order valence-corrected chi connectivity index (χ0v) is 29.5. The van der Waals surface area contributed by atoms with E-state index in [-0.39, 0.29) is 5.69 Å². The van der Waals surface area contributed by atoms with E-state index in [1.54, 1.807) is 19.9 Å². The highest BCUT2D eigenvalue weighted by molar-refractivity contribution is 6.03. The second-order valence-electron chi connectivity index (χ2n) is 12.6. The summed E-state index contributed by atoms with van der Waals surface area (Å²) in [5.74, 6) is -6.28. The average molecular weight is 683 g/mol. The minimum Gasteiger partial charge on any atom is -0.481 e. The lowest BCUT2D eigenvalue weighted by Crippen LogP contribution is -2.21. The van der Waals surface area contributed by atoms with Gasteiger partial charge in [0, 0.05) is 22.1 Å². The maximum Gasteiger partial charge on any atom is 0.313 e. The molecule has 2 unspecified atom stereocenters. The third-order valence-corrected chi connectivity index (χ3v) is 9.77. The number of allylic oxidation sites excluding steroid dienone is 3. The smallest absolute Gasteiger partial charge is 0.313 e. The lowest BCUT2D eigenvalue weighted by molar-refractivity contribution is -0.148. The highest BCUT2D eigenvalue weighted by Crippen LogP contribution is 2.40. The van der Waals surface area contributed by atoms with E-state index in [4.69, 9.17) is 19.4 Å². The van der Waals surface area contributed by atoms with Crippen molar-refractivity contribution in [1.82, 2.24) is 19.9 Å². The number of carbonyl (C=O) groups is 4. The van der Waals surface area contributed by atoms with Crippen molar-refractivity contribution in [1.29, 1.82) is 0 Å². The molecule has 3 aromatic heterocycles. The van der Waals surface area contributed by atoms with Gasteiger partial charge in [0.15, 0.2) is 0 Å². The van der Waals surface area contributed by atoms with Crippen LogP contribution in [0.4, 0.5) is 0 Å². The van der Waals surface area contributed by atoms with E-state index in [0.29, 0.717) is 44.7 Å². The molecule has 0 aromatic carbocycles. The largest absolute Gasteiger partial charge is 0.481 e. The Morgan fingerprint density at radius 3 is 1.74 bits per heavy atom. The third-order valence-electron chi connectivity index (χ3n) is 9.77. The van der Waals surface area contributed by atoms with Crippen LogP contribution in [0.5, 0.6) is 0 Å². The number of aromatic amines is 2. The molecule has 2 atom stereocenters. The van der Waals surface area contributed by atoms with Crippen LogP contribution in [0.1, 0.15) is 97.9 Å². The quantitative estimate of drug-likeness (QED) is 0.167. The van der Waals surface area contributed by atoms with Crippen molar-refractivity contribution >= 4 is 68.2 Å². The Balaban J connectivity index is 2.03. The monoisotopic (exact) mass is 682 g/mol. The molecule has 0 saturated carbocycles. The Bertz CT molecular complexity index is 2170. The molecule has 4 N–H and O–H groups in total. The number of ether oxygens (including phenoxy) is 2. The molecule has 0 fully saturated rings. The van der Waals surface area contributed by atoms with E-state index >= 15 is 0 Å². The van der Waals surface area contributed by atoms with Crippen LogP contribution in [0, 0.1) is 19.8 Å². The van der Waals surface area contributed by atoms with Crippen LogP contribution in [-0.2, 0) is 35.1 Å². The van der Waals surface area contributed by atoms with Crippen LogP contribution >= 0.6 is 0 Å². The number of aliphatic carboxylic acids is 2. The van der Waals surface area contributed by atoms with Gasteiger partial charge in [-0.3, -0.25) is 19.2 Å². The average Bonchev–Trinajstić information content (AvgIpc) is 3.74. The second-order valence-corrected chi connectivity index (χ2v) is 12.6. The number of hydrogen-bond donors (Lipinski definition) is 4. The molecular formula is C38H42N4O8. The number of carboxylic acids is 2. The summed E-state index contributed by atoms with van der Waals surface area (Å²) >= 11 is 0. The van der Waals surface area contributed by atoms with Gasteiger partial charge in [0.05, 0.1) is 61.7 Å². The van der Waals surface area contributed by atoms with Gasteiger partial charge in [0.2, 0.25) is 0 Å². The fourth-order valence-corrected chi connectivity index (χ4v) is 7.18. The summed E-state index contributed by atoms with van der Waals surface area (Å²) in [7, 11) is 2.40. The van der Waals surface area contributed by atoms with Gasteiger partial charge in [-0.15, -0.1) is 0 Å². The topological polar surface area (TPSA) is 185 Å². The van der Waals surface area contributed by atoms with Gasteiger partial charge in [-0.2, -0.15) is 0 Å². The number of aromatic nitrogens is 4. The SMILES string of the molecule is CCC1=C(C)c2cc3[nH]c(cc4nc(cc5[nH]c(cc1n2)c(CC)c5C)C(C)=C4C(CC(=O)O)C(=O)OC)c(C(CC(=O)O)C(=O)OC)c3C.